The van der Waals surface area contributed by atoms with Crippen molar-refractivity contribution in [3.05, 3.63) is 48.0 Å². The highest BCUT2D eigenvalue weighted by Gasteiger charge is 2.32. The van der Waals surface area contributed by atoms with Crippen LogP contribution in [0.2, 0.25) is 0 Å². The molecule has 0 saturated carbocycles. The molecule has 2 aromatic carbocycles. The summed E-state index contributed by atoms with van der Waals surface area (Å²) in [5.74, 6) is -0.413. The van der Waals surface area contributed by atoms with Gasteiger partial charge in [-0.25, -0.2) is 0 Å². The Bertz CT molecular complexity index is 696. The summed E-state index contributed by atoms with van der Waals surface area (Å²) >= 11 is 0. The first-order valence-electron chi connectivity index (χ1n) is 7.50. The Morgan fingerprint density at radius 2 is 1.64 bits per heavy atom. The van der Waals surface area contributed by atoms with Gasteiger partial charge in [0.2, 0.25) is 0 Å². The molecule has 0 fully saturated rings. The smallest absolute Gasteiger partial charge is 0.490 e. The van der Waals surface area contributed by atoms with Gasteiger partial charge in [0, 0.05) is 25.7 Å². The van der Waals surface area contributed by atoms with Crippen LogP contribution in [-0.4, -0.2) is 33.0 Å². The molecule has 0 N–H and O–H groups in total. The SMILES string of the molecule is COCCCOc1cc(-c2ccc(C=O)cc2)ccc1OC(F)(F)F. The van der Waals surface area contributed by atoms with Gasteiger partial charge in [0.25, 0.3) is 0 Å². The van der Waals surface area contributed by atoms with Gasteiger partial charge in [0.05, 0.1) is 6.61 Å². The van der Waals surface area contributed by atoms with E-state index in [9.17, 15) is 18.0 Å². The van der Waals surface area contributed by atoms with Gasteiger partial charge in [-0.15, -0.1) is 13.2 Å². The summed E-state index contributed by atoms with van der Waals surface area (Å²) in [6.45, 7) is 0.623. The number of alkyl halides is 3. The van der Waals surface area contributed by atoms with Gasteiger partial charge in [-0.3, -0.25) is 4.79 Å². The van der Waals surface area contributed by atoms with Crippen LogP contribution in [0.4, 0.5) is 13.2 Å². The molecule has 0 spiro atoms. The largest absolute Gasteiger partial charge is 0.573 e. The minimum Gasteiger partial charge on any atom is -0.490 e. The monoisotopic (exact) mass is 354 g/mol. The highest BCUT2D eigenvalue weighted by Crippen LogP contribution is 2.36. The number of benzene rings is 2. The van der Waals surface area contributed by atoms with Crippen LogP contribution in [-0.2, 0) is 4.74 Å². The summed E-state index contributed by atoms with van der Waals surface area (Å²) in [6.07, 6.45) is -3.56. The van der Waals surface area contributed by atoms with E-state index in [1.165, 1.54) is 25.3 Å². The number of methoxy groups -OCH3 is 1. The number of hydrogen-bond acceptors (Lipinski definition) is 4. The summed E-state index contributed by atoms with van der Waals surface area (Å²) in [5, 5.41) is 0. The van der Waals surface area contributed by atoms with E-state index in [-0.39, 0.29) is 12.4 Å². The summed E-state index contributed by atoms with van der Waals surface area (Å²) in [5.41, 5.74) is 1.90. The molecule has 7 heteroatoms. The summed E-state index contributed by atoms with van der Waals surface area (Å²) < 4.78 is 52.0. The lowest BCUT2D eigenvalue weighted by Crippen LogP contribution is -2.18. The van der Waals surface area contributed by atoms with Gasteiger partial charge in [0.1, 0.15) is 6.29 Å². The molecule has 0 saturated heterocycles. The van der Waals surface area contributed by atoms with E-state index >= 15 is 0 Å². The zero-order chi connectivity index (χ0) is 18.3. The van der Waals surface area contributed by atoms with E-state index in [0.29, 0.717) is 30.4 Å². The second-order valence-corrected chi connectivity index (χ2v) is 5.14. The van der Waals surface area contributed by atoms with Gasteiger partial charge in [-0.2, -0.15) is 0 Å². The first-order valence-corrected chi connectivity index (χ1v) is 7.50. The Kier molecular flexibility index (Phi) is 6.41. The van der Waals surface area contributed by atoms with Crippen molar-refractivity contribution >= 4 is 6.29 Å². The molecular formula is C18H17F3O4. The molecule has 0 heterocycles. The standard InChI is InChI=1S/C18H17F3O4/c1-23-9-2-10-24-17-11-15(7-8-16(17)25-18(19,20)21)14-5-3-13(12-22)4-6-14/h3-8,11-12H,2,9-10H2,1H3. The summed E-state index contributed by atoms with van der Waals surface area (Å²) in [4.78, 5) is 10.7. The molecule has 0 radical (unpaired) electrons. The van der Waals surface area contributed by atoms with E-state index in [1.54, 1.807) is 24.3 Å². The van der Waals surface area contributed by atoms with Crippen molar-refractivity contribution in [2.45, 2.75) is 12.8 Å². The predicted octanol–water partition coefficient (Wildman–Crippen LogP) is 4.48. The molecule has 4 nitrogen and oxygen atoms in total. The second-order valence-electron chi connectivity index (χ2n) is 5.14. The van der Waals surface area contributed by atoms with Crippen LogP contribution < -0.4 is 9.47 Å². The van der Waals surface area contributed by atoms with Crippen LogP contribution in [0.5, 0.6) is 11.5 Å². The number of hydrogen-bond donors (Lipinski definition) is 0. The topological polar surface area (TPSA) is 44.8 Å². The Morgan fingerprint density at radius 3 is 2.24 bits per heavy atom. The van der Waals surface area contributed by atoms with Crippen LogP contribution in [0.1, 0.15) is 16.8 Å². The average molecular weight is 354 g/mol. The zero-order valence-electron chi connectivity index (χ0n) is 13.5. The van der Waals surface area contributed by atoms with Crippen molar-refractivity contribution in [1.82, 2.24) is 0 Å². The maximum absolute atomic E-state index is 12.5. The lowest BCUT2D eigenvalue weighted by molar-refractivity contribution is -0.275. The fourth-order valence-electron chi connectivity index (χ4n) is 2.15. The molecule has 0 unspecified atom stereocenters. The molecule has 0 aliphatic rings. The fraction of sp³-hybridized carbons (Fsp3) is 0.278. The number of ether oxygens (including phenoxy) is 3. The maximum atomic E-state index is 12.5. The van der Waals surface area contributed by atoms with Crippen molar-refractivity contribution < 1.29 is 32.2 Å². The van der Waals surface area contributed by atoms with E-state index in [2.05, 4.69) is 4.74 Å². The molecule has 0 aromatic heterocycles. The minimum absolute atomic E-state index is 0.00890. The van der Waals surface area contributed by atoms with Crippen molar-refractivity contribution in [3.63, 3.8) is 0 Å². The molecule has 134 valence electrons. The highest BCUT2D eigenvalue weighted by atomic mass is 19.4. The van der Waals surface area contributed by atoms with Gasteiger partial charge in [-0.05, 0) is 23.3 Å². The minimum atomic E-state index is -4.81. The first-order chi connectivity index (χ1) is 11.9. The zero-order valence-corrected chi connectivity index (χ0v) is 13.5. The third kappa shape index (κ3) is 5.79. The molecule has 25 heavy (non-hydrogen) atoms. The van der Waals surface area contributed by atoms with Crippen molar-refractivity contribution in [2.24, 2.45) is 0 Å². The predicted molar refractivity (Wildman–Crippen MR) is 85.9 cm³/mol. The fourth-order valence-corrected chi connectivity index (χ4v) is 2.15. The lowest BCUT2D eigenvalue weighted by atomic mass is 10.0. The number of rotatable bonds is 8. The highest BCUT2D eigenvalue weighted by molar-refractivity contribution is 5.77. The molecule has 0 atom stereocenters. The number of carbonyl (C=O) groups excluding carboxylic acids is 1. The second kappa shape index (κ2) is 8.53. The van der Waals surface area contributed by atoms with Crippen LogP contribution in [0.3, 0.4) is 0 Å². The van der Waals surface area contributed by atoms with Crippen molar-refractivity contribution in [1.29, 1.82) is 0 Å². The van der Waals surface area contributed by atoms with Gasteiger partial charge >= 0.3 is 6.36 Å². The van der Waals surface area contributed by atoms with Gasteiger partial charge < -0.3 is 14.2 Å². The van der Waals surface area contributed by atoms with Crippen molar-refractivity contribution in [3.8, 4) is 22.6 Å². The van der Waals surface area contributed by atoms with Crippen LogP contribution in [0.15, 0.2) is 42.5 Å². The Morgan fingerprint density at radius 1 is 0.960 bits per heavy atom. The van der Waals surface area contributed by atoms with Gasteiger partial charge in [0.15, 0.2) is 11.5 Å². The number of halogens is 3. The molecule has 2 aromatic rings. The lowest BCUT2D eigenvalue weighted by Gasteiger charge is -2.15. The Balaban J connectivity index is 2.27. The third-order valence-electron chi connectivity index (χ3n) is 3.30. The first kappa shape index (κ1) is 18.8. The summed E-state index contributed by atoms with van der Waals surface area (Å²) in [6, 6.07) is 10.9. The maximum Gasteiger partial charge on any atom is 0.573 e. The molecular weight excluding hydrogens is 337 g/mol. The Hall–Kier alpha value is -2.54. The quantitative estimate of drug-likeness (QED) is 0.518. The van der Waals surface area contributed by atoms with E-state index in [1.807, 2.05) is 0 Å². The van der Waals surface area contributed by atoms with Crippen molar-refractivity contribution in [2.75, 3.05) is 20.3 Å². The third-order valence-corrected chi connectivity index (χ3v) is 3.30. The molecule has 0 amide bonds. The normalized spacial score (nSPS) is 11.2. The molecule has 0 aliphatic carbocycles. The molecule has 2 rings (SSSR count). The van der Waals surface area contributed by atoms with Crippen LogP contribution in [0, 0.1) is 0 Å². The molecule has 0 bridgehead atoms. The van der Waals surface area contributed by atoms with E-state index in [0.717, 1.165) is 5.56 Å². The van der Waals surface area contributed by atoms with E-state index in [4.69, 9.17) is 9.47 Å². The number of carbonyl (C=O) groups is 1. The van der Waals surface area contributed by atoms with Gasteiger partial charge in [-0.1, -0.05) is 30.3 Å². The van der Waals surface area contributed by atoms with Crippen LogP contribution >= 0.6 is 0 Å². The van der Waals surface area contributed by atoms with Crippen LogP contribution in [0.25, 0.3) is 11.1 Å². The summed E-state index contributed by atoms with van der Waals surface area (Å²) in [7, 11) is 1.53. The Labute approximate surface area is 143 Å². The van der Waals surface area contributed by atoms with E-state index < -0.39 is 12.1 Å². The average Bonchev–Trinajstić information content (AvgIpc) is 2.59. The number of aldehydes is 1. The molecule has 0 aliphatic heterocycles.